The Morgan fingerprint density at radius 3 is 2.83 bits per heavy atom. The van der Waals surface area contributed by atoms with Crippen LogP contribution in [0.15, 0.2) is 48.7 Å². The van der Waals surface area contributed by atoms with E-state index in [0.717, 1.165) is 28.6 Å². The molecule has 124 valence electrons. The number of hydrogen-bond donors (Lipinski definition) is 2. The van der Waals surface area contributed by atoms with Crippen molar-refractivity contribution in [3.8, 4) is 5.75 Å². The van der Waals surface area contributed by atoms with Crippen LogP contribution in [-0.2, 0) is 11.2 Å². The number of rotatable bonds is 6. The molecule has 2 N–H and O–H groups in total. The standard InChI is InChI=1S/C18H16F2N2O2/c19-13-5-6-17(15(20)10-13)24-8-7-21-18(23)9-12-11-22-16-4-2-1-3-14(12)16/h1-6,10-11,22H,7-9H2,(H,21,23). The van der Waals surface area contributed by atoms with Crippen LogP contribution in [0.4, 0.5) is 8.78 Å². The van der Waals surface area contributed by atoms with Crippen LogP contribution in [0.25, 0.3) is 10.9 Å². The Morgan fingerprint density at radius 2 is 2.00 bits per heavy atom. The van der Waals surface area contributed by atoms with Gasteiger partial charge in [0.1, 0.15) is 12.4 Å². The Kier molecular flexibility index (Phi) is 4.74. The molecule has 4 nitrogen and oxygen atoms in total. The van der Waals surface area contributed by atoms with Crippen LogP contribution in [0.3, 0.4) is 0 Å². The van der Waals surface area contributed by atoms with Gasteiger partial charge in [0.2, 0.25) is 5.91 Å². The molecule has 0 aliphatic carbocycles. The molecule has 6 heteroatoms. The summed E-state index contributed by atoms with van der Waals surface area (Å²) in [6.07, 6.45) is 2.06. The molecule has 3 aromatic rings. The van der Waals surface area contributed by atoms with E-state index < -0.39 is 11.6 Å². The first kappa shape index (κ1) is 16.0. The van der Waals surface area contributed by atoms with Gasteiger partial charge < -0.3 is 15.0 Å². The maximum absolute atomic E-state index is 13.4. The third kappa shape index (κ3) is 3.71. The number of aromatic nitrogens is 1. The van der Waals surface area contributed by atoms with Gasteiger partial charge in [-0.3, -0.25) is 4.79 Å². The van der Waals surface area contributed by atoms with Crippen molar-refractivity contribution in [1.29, 1.82) is 0 Å². The molecule has 0 saturated carbocycles. The number of amides is 1. The summed E-state index contributed by atoms with van der Waals surface area (Å²) < 4.78 is 31.3. The zero-order valence-electron chi connectivity index (χ0n) is 12.8. The van der Waals surface area contributed by atoms with Crippen molar-refractivity contribution >= 4 is 16.8 Å². The molecule has 0 unspecified atom stereocenters. The molecular weight excluding hydrogens is 314 g/mol. The van der Waals surface area contributed by atoms with Crippen molar-refractivity contribution in [2.75, 3.05) is 13.2 Å². The molecule has 1 amide bonds. The number of carbonyl (C=O) groups is 1. The van der Waals surface area contributed by atoms with Gasteiger partial charge in [-0.05, 0) is 23.8 Å². The Bertz CT molecular complexity index is 861. The van der Waals surface area contributed by atoms with Crippen molar-refractivity contribution in [2.45, 2.75) is 6.42 Å². The fourth-order valence-corrected chi connectivity index (χ4v) is 2.46. The number of nitrogens with one attached hydrogen (secondary N) is 2. The van der Waals surface area contributed by atoms with E-state index in [1.54, 1.807) is 0 Å². The first-order valence-corrected chi connectivity index (χ1v) is 7.53. The van der Waals surface area contributed by atoms with E-state index in [0.29, 0.717) is 0 Å². The Balaban J connectivity index is 1.47. The van der Waals surface area contributed by atoms with E-state index in [1.165, 1.54) is 6.07 Å². The summed E-state index contributed by atoms with van der Waals surface area (Å²) in [6, 6.07) is 10.8. The number of halogens is 2. The minimum absolute atomic E-state index is 0.0396. The summed E-state index contributed by atoms with van der Waals surface area (Å²) in [5.74, 6) is -1.61. The smallest absolute Gasteiger partial charge is 0.224 e. The Hall–Kier alpha value is -2.89. The average Bonchev–Trinajstić information content (AvgIpc) is 2.96. The maximum Gasteiger partial charge on any atom is 0.224 e. The minimum Gasteiger partial charge on any atom is -0.489 e. The summed E-state index contributed by atoms with van der Waals surface area (Å²) in [5, 5.41) is 3.72. The minimum atomic E-state index is -0.764. The Labute approximate surface area is 137 Å². The molecule has 0 aliphatic rings. The summed E-state index contributed by atoms with van der Waals surface area (Å²) in [6.45, 7) is 0.334. The molecule has 0 aliphatic heterocycles. The highest BCUT2D eigenvalue weighted by Gasteiger charge is 2.09. The van der Waals surface area contributed by atoms with Crippen LogP contribution in [0.1, 0.15) is 5.56 Å². The number of aromatic amines is 1. The highest BCUT2D eigenvalue weighted by molar-refractivity contribution is 5.88. The van der Waals surface area contributed by atoms with E-state index >= 15 is 0 Å². The average molecular weight is 330 g/mol. The van der Waals surface area contributed by atoms with Gasteiger partial charge in [0.05, 0.1) is 13.0 Å². The predicted octanol–water partition coefficient (Wildman–Crippen LogP) is 3.18. The maximum atomic E-state index is 13.4. The second-order valence-electron chi connectivity index (χ2n) is 5.31. The molecule has 0 saturated heterocycles. The predicted molar refractivity (Wildman–Crippen MR) is 86.9 cm³/mol. The zero-order valence-corrected chi connectivity index (χ0v) is 12.8. The van der Waals surface area contributed by atoms with Crippen LogP contribution in [0, 0.1) is 11.6 Å². The number of carbonyl (C=O) groups excluding carboxylic acids is 1. The lowest BCUT2D eigenvalue weighted by Gasteiger charge is -2.08. The van der Waals surface area contributed by atoms with Crippen LogP contribution < -0.4 is 10.1 Å². The highest BCUT2D eigenvalue weighted by atomic mass is 19.1. The third-order valence-corrected chi connectivity index (χ3v) is 3.60. The van der Waals surface area contributed by atoms with Crippen LogP contribution in [-0.4, -0.2) is 24.0 Å². The van der Waals surface area contributed by atoms with Gasteiger partial charge in [0.25, 0.3) is 0 Å². The largest absolute Gasteiger partial charge is 0.489 e. The van der Waals surface area contributed by atoms with E-state index in [2.05, 4.69) is 10.3 Å². The summed E-state index contributed by atoms with van der Waals surface area (Å²) in [4.78, 5) is 15.1. The third-order valence-electron chi connectivity index (χ3n) is 3.60. The molecule has 1 aromatic heterocycles. The van der Waals surface area contributed by atoms with Gasteiger partial charge in [-0.1, -0.05) is 18.2 Å². The number of para-hydroxylation sites is 1. The van der Waals surface area contributed by atoms with Crippen LogP contribution in [0.5, 0.6) is 5.75 Å². The first-order valence-electron chi connectivity index (χ1n) is 7.53. The lowest BCUT2D eigenvalue weighted by atomic mass is 10.1. The fraction of sp³-hybridized carbons (Fsp3) is 0.167. The van der Waals surface area contributed by atoms with Gasteiger partial charge in [0, 0.05) is 23.2 Å². The molecule has 3 rings (SSSR count). The van der Waals surface area contributed by atoms with Crippen LogP contribution in [0.2, 0.25) is 0 Å². The number of hydrogen-bond acceptors (Lipinski definition) is 2. The lowest BCUT2D eigenvalue weighted by molar-refractivity contribution is -0.120. The SMILES string of the molecule is O=C(Cc1c[nH]c2ccccc12)NCCOc1ccc(F)cc1F. The van der Waals surface area contributed by atoms with Crippen molar-refractivity contribution < 1.29 is 18.3 Å². The van der Waals surface area contributed by atoms with Crippen LogP contribution >= 0.6 is 0 Å². The Morgan fingerprint density at radius 1 is 1.17 bits per heavy atom. The fourth-order valence-electron chi connectivity index (χ4n) is 2.46. The highest BCUT2D eigenvalue weighted by Crippen LogP contribution is 2.18. The molecule has 0 bridgehead atoms. The van der Waals surface area contributed by atoms with E-state index in [1.807, 2.05) is 30.5 Å². The van der Waals surface area contributed by atoms with Crippen molar-refractivity contribution in [3.63, 3.8) is 0 Å². The zero-order chi connectivity index (χ0) is 16.9. The molecule has 0 fully saturated rings. The second-order valence-corrected chi connectivity index (χ2v) is 5.31. The number of fused-ring (bicyclic) bond motifs is 1. The summed E-state index contributed by atoms with van der Waals surface area (Å²) in [7, 11) is 0. The monoisotopic (exact) mass is 330 g/mol. The molecule has 0 radical (unpaired) electrons. The van der Waals surface area contributed by atoms with Gasteiger partial charge >= 0.3 is 0 Å². The van der Waals surface area contributed by atoms with E-state index in [-0.39, 0.29) is 31.2 Å². The summed E-state index contributed by atoms with van der Waals surface area (Å²) >= 11 is 0. The quantitative estimate of drug-likeness (QED) is 0.682. The van der Waals surface area contributed by atoms with E-state index in [4.69, 9.17) is 4.74 Å². The van der Waals surface area contributed by atoms with Gasteiger partial charge in [-0.15, -0.1) is 0 Å². The molecular formula is C18H16F2N2O2. The number of H-pyrrole nitrogens is 1. The lowest BCUT2D eigenvalue weighted by Crippen LogP contribution is -2.29. The van der Waals surface area contributed by atoms with Gasteiger partial charge in [-0.2, -0.15) is 0 Å². The topological polar surface area (TPSA) is 54.1 Å². The molecule has 0 spiro atoms. The summed E-state index contributed by atoms with van der Waals surface area (Å²) in [5.41, 5.74) is 1.89. The molecule has 1 heterocycles. The van der Waals surface area contributed by atoms with Crippen molar-refractivity contribution in [2.24, 2.45) is 0 Å². The second kappa shape index (κ2) is 7.12. The molecule has 0 atom stereocenters. The van der Waals surface area contributed by atoms with Crippen molar-refractivity contribution in [1.82, 2.24) is 10.3 Å². The molecule has 2 aromatic carbocycles. The molecule has 24 heavy (non-hydrogen) atoms. The van der Waals surface area contributed by atoms with E-state index in [9.17, 15) is 13.6 Å². The number of benzene rings is 2. The number of ether oxygens (including phenoxy) is 1. The van der Waals surface area contributed by atoms with Gasteiger partial charge in [-0.25, -0.2) is 8.78 Å². The normalized spacial score (nSPS) is 10.8. The first-order chi connectivity index (χ1) is 11.6. The van der Waals surface area contributed by atoms with Crippen molar-refractivity contribution in [3.05, 3.63) is 65.9 Å². The van der Waals surface area contributed by atoms with Gasteiger partial charge in [0.15, 0.2) is 11.6 Å².